The van der Waals surface area contributed by atoms with Crippen LogP contribution in [0.1, 0.15) is 33.5 Å². The molecule has 0 aliphatic rings. The number of aryl methyl sites for hydroxylation is 3. The Labute approximate surface area is 194 Å². The van der Waals surface area contributed by atoms with Gasteiger partial charge in [-0.25, -0.2) is 8.42 Å². The largest absolute Gasteiger partial charge is 0.352 e. The van der Waals surface area contributed by atoms with Gasteiger partial charge in [0, 0.05) is 29.9 Å². The third-order valence-corrected chi connectivity index (χ3v) is 6.52. The zero-order chi connectivity index (χ0) is 24.0. The highest BCUT2D eigenvalue weighted by molar-refractivity contribution is 7.92. The van der Waals surface area contributed by atoms with Gasteiger partial charge in [-0.05, 0) is 80.4 Å². The molecule has 2 amide bonds. The van der Waals surface area contributed by atoms with Crippen molar-refractivity contribution in [2.45, 2.75) is 32.1 Å². The Hall–Kier alpha value is -3.65. The average molecular weight is 466 g/mol. The van der Waals surface area contributed by atoms with Crippen LogP contribution >= 0.6 is 0 Å². The molecule has 0 aliphatic heterocycles. The molecule has 3 aromatic carbocycles. The predicted octanol–water partition coefficient (Wildman–Crippen LogP) is 4.17. The second kappa shape index (κ2) is 10.3. The quantitative estimate of drug-likeness (QED) is 0.464. The van der Waals surface area contributed by atoms with Crippen LogP contribution in [0.2, 0.25) is 0 Å². The van der Waals surface area contributed by atoms with Crippen LogP contribution in [0.4, 0.5) is 11.4 Å². The van der Waals surface area contributed by atoms with Gasteiger partial charge >= 0.3 is 0 Å². The molecule has 7 nitrogen and oxygen atoms in total. The van der Waals surface area contributed by atoms with Gasteiger partial charge in [-0.3, -0.25) is 14.3 Å². The number of hydrogen-bond acceptors (Lipinski definition) is 4. The molecule has 0 radical (unpaired) electrons. The molecule has 0 aliphatic carbocycles. The van der Waals surface area contributed by atoms with E-state index in [2.05, 4.69) is 15.4 Å². The van der Waals surface area contributed by atoms with Gasteiger partial charge in [0.25, 0.3) is 15.9 Å². The standard InChI is InChI=1S/C25H27N3O4S/c1-17-5-4-6-20(15-17)25(30)26-14-13-24(29)27-21-9-11-23(12-10-21)33(31,32)28-22-8-7-18(2)19(3)16-22/h4-12,15-16,28H,13-14H2,1-3H3,(H,26,30)(H,27,29). The van der Waals surface area contributed by atoms with Crippen LogP contribution < -0.4 is 15.4 Å². The van der Waals surface area contributed by atoms with Gasteiger partial charge in [0.05, 0.1) is 4.90 Å². The number of carbonyl (C=O) groups excluding carboxylic acids is 2. The minimum atomic E-state index is -3.75. The van der Waals surface area contributed by atoms with Gasteiger partial charge in [-0.2, -0.15) is 0 Å². The molecular weight excluding hydrogens is 438 g/mol. The molecule has 0 bridgehead atoms. The van der Waals surface area contributed by atoms with E-state index in [9.17, 15) is 18.0 Å². The smallest absolute Gasteiger partial charge is 0.261 e. The lowest BCUT2D eigenvalue weighted by Crippen LogP contribution is -2.27. The molecule has 0 spiro atoms. The molecule has 8 heteroatoms. The number of hydrogen-bond donors (Lipinski definition) is 3. The molecule has 3 aromatic rings. The normalized spacial score (nSPS) is 11.0. The maximum absolute atomic E-state index is 12.6. The molecule has 0 fully saturated rings. The highest BCUT2D eigenvalue weighted by atomic mass is 32.2. The van der Waals surface area contributed by atoms with Crippen molar-refractivity contribution in [1.82, 2.24) is 5.32 Å². The molecule has 0 saturated heterocycles. The van der Waals surface area contributed by atoms with Crippen molar-refractivity contribution in [2.24, 2.45) is 0 Å². The maximum atomic E-state index is 12.6. The third-order valence-electron chi connectivity index (χ3n) is 5.13. The molecule has 33 heavy (non-hydrogen) atoms. The van der Waals surface area contributed by atoms with Crippen molar-refractivity contribution in [3.8, 4) is 0 Å². The Morgan fingerprint density at radius 2 is 1.52 bits per heavy atom. The highest BCUT2D eigenvalue weighted by Crippen LogP contribution is 2.20. The van der Waals surface area contributed by atoms with E-state index in [0.29, 0.717) is 16.9 Å². The van der Waals surface area contributed by atoms with Crippen molar-refractivity contribution < 1.29 is 18.0 Å². The van der Waals surface area contributed by atoms with Crippen molar-refractivity contribution in [1.29, 1.82) is 0 Å². The fourth-order valence-electron chi connectivity index (χ4n) is 3.14. The number of rotatable bonds is 8. The zero-order valence-electron chi connectivity index (χ0n) is 18.8. The van der Waals surface area contributed by atoms with Crippen LogP contribution in [0.3, 0.4) is 0 Å². The first kappa shape index (κ1) is 24.0. The van der Waals surface area contributed by atoms with E-state index in [1.54, 1.807) is 30.3 Å². The Balaban J connectivity index is 1.52. The molecule has 172 valence electrons. The van der Waals surface area contributed by atoms with Gasteiger partial charge in [0.15, 0.2) is 0 Å². The summed E-state index contributed by atoms with van der Waals surface area (Å²) in [5, 5.41) is 5.42. The Morgan fingerprint density at radius 1 is 0.818 bits per heavy atom. The molecule has 0 unspecified atom stereocenters. The zero-order valence-corrected chi connectivity index (χ0v) is 19.6. The van der Waals surface area contributed by atoms with Crippen LogP contribution in [0.15, 0.2) is 71.6 Å². The van der Waals surface area contributed by atoms with E-state index in [-0.39, 0.29) is 29.7 Å². The molecule has 3 N–H and O–H groups in total. The predicted molar refractivity (Wildman–Crippen MR) is 130 cm³/mol. The first-order valence-electron chi connectivity index (χ1n) is 10.5. The highest BCUT2D eigenvalue weighted by Gasteiger charge is 2.15. The lowest BCUT2D eigenvalue weighted by atomic mass is 10.1. The number of sulfonamides is 1. The molecule has 0 aromatic heterocycles. The molecule has 0 heterocycles. The molecular formula is C25H27N3O4S. The van der Waals surface area contributed by atoms with Crippen molar-refractivity contribution in [2.75, 3.05) is 16.6 Å². The SMILES string of the molecule is Cc1cccc(C(=O)NCCC(=O)Nc2ccc(S(=O)(=O)Nc3ccc(C)c(C)c3)cc2)c1. The second-order valence-corrected chi connectivity index (χ2v) is 9.53. The summed E-state index contributed by atoms with van der Waals surface area (Å²) in [5.74, 6) is -0.527. The van der Waals surface area contributed by atoms with E-state index in [1.807, 2.05) is 32.9 Å². The monoisotopic (exact) mass is 465 g/mol. The van der Waals surface area contributed by atoms with E-state index < -0.39 is 10.0 Å². The van der Waals surface area contributed by atoms with E-state index in [1.165, 1.54) is 24.3 Å². The molecule has 0 saturated carbocycles. The lowest BCUT2D eigenvalue weighted by molar-refractivity contribution is -0.116. The van der Waals surface area contributed by atoms with Gasteiger partial charge in [0.1, 0.15) is 0 Å². The summed E-state index contributed by atoms with van der Waals surface area (Å²) in [7, 11) is -3.75. The molecule has 3 rings (SSSR count). The minimum absolute atomic E-state index is 0.0872. The Morgan fingerprint density at radius 3 is 2.18 bits per heavy atom. The van der Waals surface area contributed by atoms with Crippen LogP contribution in [-0.4, -0.2) is 26.8 Å². The Bertz CT molecular complexity index is 1270. The van der Waals surface area contributed by atoms with Crippen molar-refractivity contribution >= 4 is 33.2 Å². The van der Waals surface area contributed by atoms with Crippen LogP contribution in [0, 0.1) is 20.8 Å². The number of carbonyl (C=O) groups is 2. The maximum Gasteiger partial charge on any atom is 0.261 e. The lowest BCUT2D eigenvalue weighted by Gasteiger charge is -2.11. The Kier molecular flexibility index (Phi) is 7.50. The second-order valence-electron chi connectivity index (χ2n) is 7.85. The van der Waals surface area contributed by atoms with Gasteiger partial charge in [-0.1, -0.05) is 23.8 Å². The van der Waals surface area contributed by atoms with Crippen LogP contribution in [0.5, 0.6) is 0 Å². The van der Waals surface area contributed by atoms with Gasteiger partial charge in [-0.15, -0.1) is 0 Å². The summed E-state index contributed by atoms with van der Waals surface area (Å²) in [6.45, 7) is 5.96. The number of benzene rings is 3. The summed E-state index contributed by atoms with van der Waals surface area (Å²) in [6, 6.07) is 18.5. The van der Waals surface area contributed by atoms with Crippen molar-refractivity contribution in [3.63, 3.8) is 0 Å². The number of anilines is 2. The summed E-state index contributed by atoms with van der Waals surface area (Å²) in [6.07, 6.45) is 0.0892. The summed E-state index contributed by atoms with van der Waals surface area (Å²) < 4.78 is 27.8. The van der Waals surface area contributed by atoms with Gasteiger partial charge < -0.3 is 10.6 Å². The first-order chi connectivity index (χ1) is 15.6. The summed E-state index contributed by atoms with van der Waals surface area (Å²) >= 11 is 0. The van der Waals surface area contributed by atoms with E-state index in [0.717, 1.165) is 16.7 Å². The minimum Gasteiger partial charge on any atom is -0.352 e. The summed E-state index contributed by atoms with van der Waals surface area (Å²) in [4.78, 5) is 24.4. The van der Waals surface area contributed by atoms with Crippen LogP contribution in [-0.2, 0) is 14.8 Å². The van der Waals surface area contributed by atoms with Gasteiger partial charge in [0.2, 0.25) is 5.91 Å². The number of amides is 2. The first-order valence-corrected chi connectivity index (χ1v) is 12.0. The average Bonchev–Trinajstić information content (AvgIpc) is 2.76. The fraction of sp³-hybridized carbons (Fsp3) is 0.200. The summed E-state index contributed by atoms with van der Waals surface area (Å²) in [5.41, 5.74) is 4.55. The van der Waals surface area contributed by atoms with Crippen molar-refractivity contribution in [3.05, 3.63) is 89.0 Å². The topological polar surface area (TPSA) is 104 Å². The third kappa shape index (κ3) is 6.66. The van der Waals surface area contributed by atoms with E-state index in [4.69, 9.17) is 0 Å². The van der Waals surface area contributed by atoms with Crippen LogP contribution in [0.25, 0.3) is 0 Å². The molecule has 0 atom stereocenters. The fourth-order valence-corrected chi connectivity index (χ4v) is 4.19. The van der Waals surface area contributed by atoms with E-state index >= 15 is 0 Å². The number of nitrogens with one attached hydrogen (secondary N) is 3.